The molecule has 0 saturated carbocycles. The van der Waals surface area contributed by atoms with E-state index >= 15 is 0 Å². The predicted molar refractivity (Wildman–Crippen MR) is 47.2 cm³/mol. The van der Waals surface area contributed by atoms with E-state index in [1.807, 2.05) is 6.92 Å². The van der Waals surface area contributed by atoms with Gasteiger partial charge in [0.15, 0.2) is 0 Å². The molecule has 0 saturated heterocycles. The van der Waals surface area contributed by atoms with Gasteiger partial charge in [-0.25, -0.2) is 0 Å². The van der Waals surface area contributed by atoms with Crippen molar-refractivity contribution in [1.82, 2.24) is 0 Å². The monoisotopic (exact) mass is 152 g/mol. The summed E-state index contributed by atoms with van der Waals surface area (Å²) in [4.78, 5) is 11.0. The first kappa shape index (κ1) is 10.2. The average molecular weight is 152 g/mol. The molecular formula is C10H16O. The number of terminal acetylenes is 1. The SMILES string of the molecule is C#CCCCCC(=O)CCC. The Balaban J connectivity index is 3.12. The van der Waals surface area contributed by atoms with Crippen molar-refractivity contribution in [2.24, 2.45) is 0 Å². The van der Waals surface area contributed by atoms with Crippen LogP contribution in [-0.2, 0) is 4.79 Å². The lowest BCUT2D eigenvalue weighted by atomic mass is 10.1. The topological polar surface area (TPSA) is 17.1 Å². The van der Waals surface area contributed by atoms with Crippen LogP contribution < -0.4 is 0 Å². The van der Waals surface area contributed by atoms with Gasteiger partial charge in [-0.2, -0.15) is 0 Å². The third-order valence-corrected chi connectivity index (χ3v) is 1.56. The zero-order valence-corrected chi connectivity index (χ0v) is 7.23. The van der Waals surface area contributed by atoms with Crippen molar-refractivity contribution in [2.75, 3.05) is 0 Å². The Hall–Kier alpha value is -0.770. The number of hydrogen-bond acceptors (Lipinski definition) is 1. The van der Waals surface area contributed by atoms with Crippen LogP contribution >= 0.6 is 0 Å². The minimum atomic E-state index is 0.379. The summed E-state index contributed by atoms with van der Waals surface area (Å²) >= 11 is 0. The quantitative estimate of drug-likeness (QED) is 0.422. The summed E-state index contributed by atoms with van der Waals surface area (Å²) in [5.41, 5.74) is 0. The highest BCUT2D eigenvalue weighted by Gasteiger charge is 1.98. The van der Waals surface area contributed by atoms with Crippen LogP contribution in [0.5, 0.6) is 0 Å². The molecule has 11 heavy (non-hydrogen) atoms. The summed E-state index contributed by atoms with van der Waals surface area (Å²) in [5.74, 6) is 2.94. The minimum Gasteiger partial charge on any atom is -0.300 e. The Morgan fingerprint density at radius 2 is 2.09 bits per heavy atom. The van der Waals surface area contributed by atoms with Crippen LogP contribution in [-0.4, -0.2) is 5.78 Å². The predicted octanol–water partition coefficient (Wildman–Crippen LogP) is 2.55. The Morgan fingerprint density at radius 3 is 2.64 bits per heavy atom. The van der Waals surface area contributed by atoms with Crippen molar-refractivity contribution < 1.29 is 4.79 Å². The lowest BCUT2D eigenvalue weighted by Crippen LogP contribution is -1.95. The van der Waals surface area contributed by atoms with Gasteiger partial charge in [0.1, 0.15) is 5.78 Å². The number of unbranched alkanes of at least 4 members (excludes halogenated alkanes) is 2. The summed E-state index contributed by atoms with van der Waals surface area (Å²) < 4.78 is 0. The first-order chi connectivity index (χ1) is 5.31. The van der Waals surface area contributed by atoms with Crippen LogP contribution in [0, 0.1) is 12.3 Å². The maximum absolute atomic E-state index is 11.0. The Bertz CT molecular complexity index is 141. The number of carbonyl (C=O) groups is 1. The van der Waals surface area contributed by atoms with E-state index in [-0.39, 0.29) is 0 Å². The van der Waals surface area contributed by atoms with Crippen LogP contribution in [0.1, 0.15) is 45.4 Å². The highest BCUT2D eigenvalue weighted by Crippen LogP contribution is 2.02. The fraction of sp³-hybridized carbons (Fsp3) is 0.700. The lowest BCUT2D eigenvalue weighted by Gasteiger charge is -1.96. The highest BCUT2D eigenvalue weighted by atomic mass is 16.1. The average Bonchev–Trinajstić information content (AvgIpc) is 1.99. The van der Waals surface area contributed by atoms with E-state index in [1.165, 1.54) is 0 Å². The molecular weight excluding hydrogens is 136 g/mol. The van der Waals surface area contributed by atoms with Gasteiger partial charge in [-0.3, -0.25) is 4.79 Å². The molecule has 0 amide bonds. The molecule has 0 unspecified atom stereocenters. The van der Waals surface area contributed by atoms with Gasteiger partial charge < -0.3 is 0 Å². The fourth-order valence-electron chi connectivity index (χ4n) is 0.953. The van der Waals surface area contributed by atoms with Crippen molar-refractivity contribution >= 4 is 5.78 Å². The number of Topliss-reactive ketones (excluding diaryl/α,β-unsaturated/α-hetero) is 1. The van der Waals surface area contributed by atoms with Crippen molar-refractivity contribution in [3.05, 3.63) is 0 Å². The van der Waals surface area contributed by atoms with Gasteiger partial charge in [0.2, 0.25) is 0 Å². The molecule has 0 atom stereocenters. The number of hydrogen-bond donors (Lipinski definition) is 0. The molecule has 0 heterocycles. The van der Waals surface area contributed by atoms with Crippen LogP contribution in [0.15, 0.2) is 0 Å². The molecule has 0 rings (SSSR count). The standard InChI is InChI=1S/C10H16O/c1-3-5-6-7-9-10(11)8-4-2/h1H,4-9H2,2H3. The second-order valence-electron chi connectivity index (χ2n) is 2.70. The van der Waals surface area contributed by atoms with Gasteiger partial charge in [-0.05, 0) is 19.3 Å². The molecule has 0 aromatic rings. The normalized spacial score (nSPS) is 9.09. The zero-order valence-electron chi connectivity index (χ0n) is 7.23. The second-order valence-corrected chi connectivity index (χ2v) is 2.70. The van der Waals surface area contributed by atoms with E-state index in [4.69, 9.17) is 6.42 Å². The summed E-state index contributed by atoms with van der Waals surface area (Å²) in [6.07, 6.45) is 10.2. The molecule has 0 aliphatic rings. The third kappa shape index (κ3) is 7.12. The molecule has 0 bridgehead atoms. The van der Waals surface area contributed by atoms with Crippen molar-refractivity contribution in [2.45, 2.75) is 45.4 Å². The third-order valence-electron chi connectivity index (χ3n) is 1.56. The van der Waals surface area contributed by atoms with Gasteiger partial charge >= 0.3 is 0 Å². The van der Waals surface area contributed by atoms with Gasteiger partial charge in [0.05, 0.1) is 0 Å². The molecule has 0 aliphatic heterocycles. The van der Waals surface area contributed by atoms with Crippen molar-refractivity contribution in [3.8, 4) is 12.3 Å². The number of ketones is 1. The van der Waals surface area contributed by atoms with E-state index < -0.39 is 0 Å². The van der Waals surface area contributed by atoms with Gasteiger partial charge in [-0.15, -0.1) is 12.3 Å². The van der Waals surface area contributed by atoms with Crippen molar-refractivity contribution in [3.63, 3.8) is 0 Å². The molecule has 0 fully saturated rings. The lowest BCUT2D eigenvalue weighted by molar-refractivity contribution is -0.119. The first-order valence-electron chi connectivity index (χ1n) is 4.26. The molecule has 0 aliphatic carbocycles. The Labute approximate surface area is 69.2 Å². The molecule has 0 aromatic carbocycles. The molecule has 0 aromatic heterocycles. The second kappa shape index (κ2) is 7.34. The summed E-state index contributed by atoms with van der Waals surface area (Å²) in [7, 11) is 0. The maximum Gasteiger partial charge on any atom is 0.132 e. The summed E-state index contributed by atoms with van der Waals surface area (Å²) in [6, 6.07) is 0. The van der Waals surface area contributed by atoms with Crippen LogP contribution in [0.2, 0.25) is 0 Å². The van der Waals surface area contributed by atoms with E-state index in [0.717, 1.165) is 38.5 Å². The maximum atomic E-state index is 11.0. The number of rotatable bonds is 6. The summed E-state index contributed by atoms with van der Waals surface area (Å²) in [5, 5.41) is 0. The zero-order chi connectivity index (χ0) is 8.53. The first-order valence-corrected chi connectivity index (χ1v) is 4.26. The smallest absolute Gasteiger partial charge is 0.132 e. The van der Waals surface area contributed by atoms with E-state index in [9.17, 15) is 4.79 Å². The van der Waals surface area contributed by atoms with Crippen LogP contribution in [0.3, 0.4) is 0 Å². The fourth-order valence-corrected chi connectivity index (χ4v) is 0.953. The number of carbonyl (C=O) groups excluding carboxylic acids is 1. The molecule has 62 valence electrons. The summed E-state index contributed by atoms with van der Waals surface area (Å²) in [6.45, 7) is 2.03. The largest absolute Gasteiger partial charge is 0.300 e. The van der Waals surface area contributed by atoms with Gasteiger partial charge in [0.25, 0.3) is 0 Å². The van der Waals surface area contributed by atoms with Crippen LogP contribution in [0.25, 0.3) is 0 Å². The van der Waals surface area contributed by atoms with Crippen molar-refractivity contribution in [1.29, 1.82) is 0 Å². The van der Waals surface area contributed by atoms with E-state index in [0.29, 0.717) is 5.78 Å². The molecule has 0 radical (unpaired) electrons. The molecule has 1 heteroatoms. The van der Waals surface area contributed by atoms with Gasteiger partial charge in [-0.1, -0.05) is 6.92 Å². The molecule has 0 spiro atoms. The molecule has 0 N–H and O–H groups in total. The molecule has 1 nitrogen and oxygen atoms in total. The minimum absolute atomic E-state index is 0.379. The Morgan fingerprint density at radius 1 is 1.36 bits per heavy atom. The van der Waals surface area contributed by atoms with Crippen LogP contribution in [0.4, 0.5) is 0 Å². The van der Waals surface area contributed by atoms with Gasteiger partial charge in [0, 0.05) is 19.3 Å². The Kier molecular flexibility index (Phi) is 6.82. The highest BCUT2D eigenvalue weighted by molar-refractivity contribution is 5.78. The van der Waals surface area contributed by atoms with E-state index in [2.05, 4.69) is 5.92 Å². The van der Waals surface area contributed by atoms with E-state index in [1.54, 1.807) is 0 Å².